The van der Waals surface area contributed by atoms with Gasteiger partial charge in [-0.15, -0.1) is 10.2 Å². The van der Waals surface area contributed by atoms with Gasteiger partial charge in [0, 0.05) is 24.7 Å². The zero-order valence-electron chi connectivity index (χ0n) is 17.0. The molecular weight excluding hydrogens is 364 g/mol. The van der Waals surface area contributed by atoms with Crippen LogP contribution in [0.25, 0.3) is 0 Å². The van der Waals surface area contributed by atoms with Gasteiger partial charge in [0.2, 0.25) is 0 Å². The molecule has 1 amide bonds. The summed E-state index contributed by atoms with van der Waals surface area (Å²) in [4.78, 5) is 14.7. The summed E-state index contributed by atoms with van der Waals surface area (Å²) in [6.45, 7) is 5.08. The predicted octanol–water partition coefficient (Wildman–Crippen LogP) is 4.15. The minimum atomic E-state index is -0.132. The fraction of sp³-hybridized carbons (Fsp3) is 0.261. The van der Waals surface area contributed by atoms with Gasteiger partial charge in [-0.05, 0) is 37.6 Å². The maximum absolute atomic E-state index is 13.0. The van der Waals surface area contributed by atoms with Crippen LogP contribution in [0.3, 0.4) is 0 Å². The van der Waals surface area contributed by atoms with E-state index in [4.69, 9.17) is 4.74 Å². The van der Waals surface area contributed by atoms with Gasteiger partial charge in [-0.2, -0.15) is 0 Å². The molecule has 0 aliphatic rings. The Kier molecular flexibility index (Phi) is 6.79. The number of hydrogen-bond acceptors (Lipinski definition) is 5. The zero-order chi connectivity index (χ0) is 20.6. The molecule has 3 rings (SSSR count). The first-order valence-corrected chi connectivity index (χ1v) is 9.63. The standard InChI is InChI=1S/C23H26N4O2/c1-17(2)27(16-18-9-5-4-6-10-18)23(28)20-13-14-22(26-25-20)24-15-19-11-7-8-12-21(19)29-3/h4-14,17H,15-16H2,1-3H3,(H,24,26). The van der Waals surface area contributed by atoms with Gasteiger partial charge in [0.15, 0.2) is 5.69 Å². The molecule has 1 aromatic heterocycles. The summed E-state index contributed by atoms with van der Waals surface area (Å²) in [6, 6.07) is 21.3. The normalized spacial score (nSPS) is 10.6. The lowest BCUT2D eigenvalue weighted by atomic mass is 10.1. The highest BCUT2D eigenvalue weighted by molar-refractivity contribution is 5.92. The first-order valence-electron chi connectivity index (χ1n) is 9.63. The molecule has 29 heavy (non-hydrogen) atoms. The van der Waals surface area contributed by atoms with E-state index < -0.39 is 0 Å². The van der Waals surface area contributed by atoms with Crippen molar-refractivity contribution in [3.05, 3.63) is 83.6 Å². The van der Waals surface area contributed by atoms with Gasteiger partial charge >= 0.3 is 0 Å². The number of benzene rings is 2. The summed E-state index contributed by atoms with van der Waals surface area (Å²) >= 11 is 0. The van der Waals surface area contributed by atoms with E-state index in [1.54, 1.807) is 24.1 Å². The van der Waals surface area contributed by atoms with Crippen molar-refractivity contribution in [2.45, 2.75) is 33.0 Å². The average molecular weight is 390 g/mol. The Morgan fingerprint density at radius 2 is 1.72 bits per heavy atom. The van der Waals surface area contributed by atoms with E-state index in [0.29, 0.717) is 24.6 Å². The van der Waals surface area contributed by atoms with Gasteiger partial charge in [0.25, 0.3) is 5.91 Å². The fourth-order valence-corrected chi connectivity index (χ4v) is 2.99. The molecule has 0 radical (unpaired) electrons. The first-order chi connectivity index (χ1) is 14.1. The lowest BCUT2D eigenvalue weighted by Gasteiger charge is -2.26. The van der Waals surface area contributed by atoms with Gasteiger partial charge in [0.05, 0.1) is 7.11 Å². The molecule has 6 nitrogen and oxygen atoms in total. The Labute approximate surface area is 171 Å². The van der Waals surface area contributed by atoms with Gasteiger partial charge in [-0.3, -0.25) is 4.79 Å². The van der Waals surface area contributed by atoms with Crippen molar-refractivity contribution < 1.29 is 9.53 Å². The molecule has 1 N–H and O–H groups in total. The van der Waals surface area contributed by atoms with E-state index in [0.717, 1.165) is 16.9 Å². The molecule has 0 aliphatic heterocycles. The molecule has 0 aliphatic carbocycles. The van der Waals surface area contributed by atoms with Crippen LogP contribution in [0.1, 0.15) is 35.5 Å². The van der Waals surface area contributed by atoms with Gasteiger partial charge < -0.3 is 15.0 Å². The summed E-state index contributed by atoms with van der Waals surface area (Å²) in [6.07, 6.45) is 0. The molecule has 0 fully saturated rings. The Morgan fingerprint density at radius 3 is 2.38 bits per heavy atom. The molecule has 0 saturated heterocycles. The molecular formula is C23H26N4O2. The van der Waals surface area contributed by atoms with E-state index in [2.05, 4.69) is 15.5 Å². The number of aromatic nitrogens is 2. The lowest BCUT2D eigenvalue weighted by molar-refractivity contribution is 0.0683. The second-order valence-electron chi connectivity index (χ2n) is 6.98. The molecule has 1 heterocycles. The largest absolute Gasteiger partial charge is 0.496 e. The average Bonchev–Trinajstić information content (AvgIpc) is 2.76. The van der Waals surface area contributed by atoms with Crippen LogP contribution in [0.4, 0.5) is 5.82 Å². The molecule has 3 aromatic rings. The molecule has 0 unspecified atom stereocenters. The number of hydrogen-bond donors (Lipinski definition) is 1. The second kappa shape index (κ2) is 9.68. The predicted molar refractivity (Wildman–Crippen MR) is 114 cm³/mol. The van der Waals surface area contributed by atoms with Gasteiger partial charge in [-0.25, -0.2) is 0 Å². The highest BCUT2D eigenvalue weighted by atomic mass is 16.5. The maximum Gasteiger partial charge on any atom is 0.274 e. The van der Waals surface area contributed by atoms with Crippen molar-refractivity contribution in [1.82, 2.24) is 15.1 Å². The Balaban J connectivity index is 1.67. The van der Waals surface area contributed by atoms with Crippen molar-refractivity contribution >= 4 is 11.7 Å². The monoisotopic (exact) mass is 390 g/mol. The summed E-state index contributed by atoms with van der Waals surface area (Å²) < 4.78 is 5.36. The minimum Gasteiger partial charge on any atom is -0.496 e. The van der Waals surface area contributed by atoms with Crippen LogP contribution in [0, 0.1) is 0 Å². The fourth-order valence-electron chi connectivity index (χ4n) is 2.99. The van der Waals surface area contributed by atoms with E-state index >= 15 is 0 Å². The van der Waals surface area contributed by atoms with E-state index in [1.807, 2.05) is 68.4 Å². The van der Waals surface area contributed by atoms with Crippen molar-refractivity contribution in [2.75, 3.05) is 12.4 Å². The van der Waals surface area contributed by atoms with Gasteiger partial charge in [-0.1, -0.05) is 48.5 Å². The van der Waals surface area contributed by atoms with E-state index in [-0.39, 0.29) is 11.9 Å². The number of carbonyl (C=O) groups is 1. The van der Waals surface area contributed by atoms with Crippen molar-refractivity contribution in [3.63, 3.8) is 0 Å². The van der Waals surface area contributed by atoms with Crippen LogP contribution in [0.2, 0.25) is 0 Å². The van der Waals surface area contributed by atoms with Crippen LogP contribution in [0.5, 0.6) is 5.75 Å². The molecule has 0 spiro atoms. The molecule has 0 saturated carbocycles. The Bertz CT molecular complexity index is 927. The number of nitrogens with one attached hydrogen (secondary N) is 1. The van der Waals surface area contributed by atoms with Crippen molar-refractivity contribution in [2.24, 2.45) is 0 Å². The van der Waals surface area contributed by atoms with Crippen LogP contribution in [-0.2, 0) is 13.1 Å². The Morgan fingerprint density at radius 1 is 1.00 bits per heavy atom. The van der Waals surface area contributed by atoms with Crippen molar-refractivity contribution in [3.8, 4) is 5.75 Å². The third-order valence-electron chi connectivity index (χ3n) is 4.62. The van der Waals surface area contributed by atoms with Crippen LogP contribution < -0.4 is 10.1 Å². The molecule has 150 valence electrons. The molecule has 0 atom stereocenters. The number of ether oxygens (including phenoxy) is 1. The SMILES string of the molecule is COc1ccccc1CNc1ccc(C(=O)N(Cc2ccccc2)C(C)C)nn1. The number of carbonyl (C=O) groups excluding carboxylic acids is 1. The summed E-state index contributed by atoms with van der Waals surface area (Å²) in [7, 11) is 1.65. The van der Waals surface area contributed by atoms with Gasteiger partial charge in [0.1, 0.15) is 11.6 Å². The van der Waals surface area contributed by atoms with Crippen LogP contribution in [-0.4, -0.2) is 34.2 Å². The second-order valence-corrected chi connectivity index (χ2v) is 6.98. The number of methoxy groups -OCH3 is 1. The smallest absolute Gasteiger partial charge is 0.274 e. The van der Waals surface area contributed by atoms with Crippen LogP contribution in [0.15, 0.2) is 66.7 Å². The molecule has 2 aromatic carbocycles. The highest BCUT2D eigenvalue weighted by Gasteiger charge is 2.20. The van der Waals surface area contributed by atoms with Crippen molar-refractivity contribution in [1.29, 1.82) is 0 Å². The lowest BCUT2D eigenvalue weighted by Crippen LogP contribution is -2.37. The topological polar surface area (TPSA) is 67.3 Å². The number of rotatable bonds is 8. The number of amides is 1. The summed E-state index contributed by atoms with van der Waals surface area (Å²) in [5.74, 6) is 1.28. The maximum atomic E-state index is 13.0. The third-order valence-corrected chi connectivity index (χ3v) is 4.62. The van der Waals surface area contributed by atoms with Crippen LogP contribution >= 0.6 is 0 Å². The summed E-state index contributed by atoms with van der Waals surface area (Å²) in [5, 5.41) is 11.5. The number of para-hydroxylation sites is 1. The third kappa shape index (κ3) is 5.31. The number of nitrogens with zero attached hydrogens (tertiary/aromatic N) is 3. The zero-order valence-corrected chi connectivity index (χ0v) is 17.0. The first kappa shape index (κ1) is 20.3. The minimum absolute atomic E-state index is 0.0489. The Hall–Kier alpha value is -3.41. The summed E-state index contributed by atoms with van der Waals surface area (Å²) in [5.41, 5.74) is 2.43. The highest BCUT2D eigenvalue weighted by Crippen LogP contribution is 2.18. The van der Waals surface area contributed by atoms with E-state index in [9.17, 15) is 4.79 Å². The molecule has 6 heteroatoms. The quantitative estimate of drug-likeness (QED) is 0.626. The molecule has 0 bridgehead atoms. The number of anilines is 1. The van der Waals surface area contributed by atoms with E-state index in [1.165, 1.54) is 0 Å².